The van der Waals surface area contributed by atoms with E-state index >= 15 is 0 Å². The second-order valence-corrected chi connectivity index (χ2v) is 9.61. The average molecular weight is 437 g/mol. The summed E-state index contributed by atoms with van der Waals surface area (Å²) in [5.74, 6) is -0.193. The highest BCUT2D eigenvalue weighted by Gasteiger charge is 2.19. The van der Waals surface area contributed by atoms with Gasteiger partial charge in [0.1, 0.15) is 0 Å². The fourth-order valence-corrected chi connectivity index (χ4v) is 4.23. The number of aryl methyl sites for hydroxylation is 3. The zero-order chi connectivity index (χ0) is 22.6. The number of amides is 1. The molecule has 1 amide bonds. The fourth-order valence-electron chi connectivity index (χ4n) is 3.35. The standard InChI is InChI=1S/C25H28N2O3S/c1-5-21-8-6-7-9-24(21)26-25(28)22-13-11-20(12-14-22)17-27(31(4,29)30)23-15-10-18(2)19(3)16-23/h6-16H,5,17H2,1-4H3,(H,26,28). The van der Waals surface area contributed by atoms with Gasteiger partial charge in [0.25, 0.3) is 5.91 Å². The van der Waals surface area contributed by atoms with E-state index in [2.05, 4.69) is 5.32 Å². The highest BCUT2D eigenvalue weighted by Crippen LogP contribution is 2.24. The largest absolute Gasteiger partial charge is 0.322 e. The van der Waals surface area contributed by atoms with Gasteiger partial charge in [-0.3, -0.25) is 9.10 Å². The first-order chi connectivity index (χ1) is 14.7. The van der Waals surface area contributed by atoms with Gasteiger partial charge in [-0.05, 0) is 72.9 Å². The smallest absolute Gasteiger partial charge is 0.255 e. The lowest BCUT2D eigenvalue weighted by Gasteiger charge is -2.23. The van der Waals surface area contributed by atoms with Crippen LogP contribution in [0.15, 0.2) is 66.7 Å². The van der Waals surface area contributed by atoms with Crippen molar-refractivity contribution in [1.29, 1.82) is 0 Å². The summed E-state index contributed by atoms with van der Waals surface area (Å²) < 4.78 is 26.2. The first kappa shape index (κ1) is 22.6. The maximum absolute atomic E-state index is 12.6. The normalized spacial score (nSPS) is 11.2. The van der Waals surface area contributed by atoms with Crippen molar-refractivity contribution in [1.82, 2.24) is 0 Å². The molecule has 0 radical (unpaired) electrons. The Kier molecular flexibility index (Phi) is 6.81. The minimum Gasteiger partial charge on any atom is -0.322 e. The van der Waals surface area contributed by atoms with E-state index in [-0.39, 0.29) is 12.5 Å². The Morgan fingerprint density at radius 3 is 2.23 bits per heavy atom. The molecule has 162 valence electrons. The minimum absolute atomic E-state index is 0.193. The summed E-state index contributed by atoms with van der Waals surface area (Å²) in [5.41, 5.74) is 5.97. The molecule has 3 aromatic rings. The lowest BCUT2D eigenvalue weighted by molar-refractivity contribution is 0.102. The summed E-state index contributed by atoms with van der Waals surface area (Å²) in [6, 6.07) is 20.4. The molecular weight excluding hydrogens is 408 g/mol. The molecule has 31 heavy (non-hydrogen) atoms. The molecule has 6 heteroatoms. The summed E-state index contributed by atoms with van der Waals surface area (Å²) in [4.78, 5) is 12.6. The molecule has 0 heterocycles. The van der Waals surface area contributed by atoms with Gasteiger partial charge < -0.3 is 5.32 Å². The van der Waals surface area contributed by atoms with E-state index < -0.39 is 10.0 Å². The third-order valence-corrected chi connectivity index (χ3v) is 6.51. The number of benzene rings is 3. The van der Waals surface area contributed by atoms with Crippen molar-refractivity contribution in [2.24, 2.45) is 0 Å². The van der Waals surface area contributed by atoms with E-state index in [0.717, 1.165) is 34.4 Å². The summed E-state index contributed by atoms with van der Waals surface area (Å²) >= 11 is 0. The molecule has 3 aromatic carbocycles. The molecule has 3 rings (SSSR count). The van der Waals surface area contributed by atoms with Crippen molar-refractivity contribution in [3.63, 3.8) is 0 Å². The zero-order valence-corrected chi connectivity index (χ0v) is 19.2. The van der Waals surface area contributed by atoms with Gasteiger partial charge in [-0.15, -0.1) is 0 Å². The third-order valence-electron chi connectivity index (χ3n) is 5.37. The van der Waals surface area contributed by atoms with Crippen LogP contribution in [0.25, 0.3) is 0 Å². The van der Waals surface area contributed by atoms with Crippen LogP contribution in [0.4, 0.5) is 11.4 Å². The van der Waals surface area contributed by atoms with Crippen LogP contribution in [0.1, 0.15) is 39.5 Å². The topological polar surface area (TPSA) is 66.5 Å². The van der Waals surface area contributed by atoms with E-state index in [9.17, 15) is 13.2 Å². The number of para-hydroxylation sites is 1. The van der Waals surface area contributed by atoms with Gasteiger partial charge in [0.05, 0.1) is 18.5 Å². The second kappa shape index (κ2) is 9.35. The van der Waals surface area contributed by atoms with Crippen LogP contribution in [0.2, 0.25) is 0 Å². The SMILES string of the molecule is CCc1ccccc1NC(=O)c1ccc(CN(c2ccc(C)c(C)c2)S(C)(=O)=O)cc1. The lowest BCUT2D eigenvalue weighted by atomic mass is 10.1. The van der Waals surface area contributed by atoms with E-state index in [1.165, 1.54) is 10.6 Å². The Hall–Kier alpha value is -3.12. The van der Waals surface area contributed by atoms with E-state index in [1.807, 2.05) is 63.2 Å². The molecule has 1 N–H and O–H groups in total. The van der Waals surface area contributed by atoms with Crippen LogP contribution in [0.3, 0.4) is 0 Å². The summed E-state index contributed by atoms with van der Waals surface area (Å²) in [7, 11) is -3.47. The number of hydrogen-bond donors (Lipinski definition) is 1. The third kappa shape index (κ3) is 5.52. The van der Waals surface area contributed by atoms with Crippen molar-refractivity contribution >= 4 is 27.3 Å². The van der Waals surface area contributed by atoms with Crippen molar-refractivity contribution in [3.8, 4) is 0 Å². The zero-order valence-electron chi connectivity index (χ0n) is 18.3. The van der Waals surface area contributed by atoms with Crippen molar-refractivity contribution in [2.75, 3.05) is 15.9 Å². The average Bonchev–Trinajstić information content (AvgIpc) is 2.74. The monoisotopic (exact) mass is 436 g/mol. The van der Waals surface area contributed by atoms with Crippen LogP contribution in [0.5, 0.6) is 0 Å². The molecular formula is C25H28N2O3S. The molecule has 0 atom stereocenters. The number of rotatable bonds is 7. The van der Waals surface area contributed by atoms with Crippen molar-refractivity contribution in [3.05, 3.63) is 94.5 Å². The minimum atomic E-state index is -3.47. The second-order valence-electron chi connectivity index (χ2n) is 7.70. The number of nitrogens with zero attached hydrogens (tertiary/aromatic N) is 1. The molecule has 0 bridgehead atoms. The predicted octanol–water partition coefficient (Wildman–Crippen LogP) is 5.08. The molecule has 0 fully saturated rings. The quantitative estimate of drug-likeness (QED) is 0.561. The Morgan fingerprint density at radius 1 is 0.935 bits per heavy atom. The predicted molar refractivity (Wildman–Crippen MR) is 127 cm³/mol. The summed E-state index contributed by atoms with van der Waals surface area (Å²) in [5, 5.41) is 2.95. The van der Waals surface area contributed by atoms with E-state index in [0.29, 0.717) is 11.3 Å². The van der Waals surface area contributed by atoms with Gasteiger partial charge in [-0.2, -0.15) is 0 Å². The van der Waals surface area contributed by atoms with Crippen LogP contribution in [-0.4, -0.2) is 20.6 Å². The van der Waals surface area contributed by atoms with Crippen LogP contribution in [-0.2, 0) is 23.0 Å². The van der Waals surface area contributed by atoms with Gasteiger partial charge in [0.15, 0.2) is 0 Å². The lowest BCUT2D eigenvalue weighted by Crippen LogP contribution is -2.29. The Bertz CT molecular complexity index is 1190. The molecule has 0 saturated heterocycles. The Labute approximate surface area is 184 Å². The summed E-state index contributed by atoms with van der Waals surface area (Å²) in [6.45, 7) is 6.20. The maximum atomic E-state index is 12.6. The molecule has 0 aromatic heterocycles. The van der Waals surface area contributed by atoms with Gasteiger partial charge in [0, 0.05) is 11.3 Å². The van der Waals surface area contributed by atoms with Gasteiger partial charge >= 0.3 is 0 Å². The number of sulfonamides is 1. The molecule has 0 unspecified atom stereocenters. The molecule has 0 aliphatic heterocycles. The first-order valence-electron chi connectivity index (χ1n) is 10.2. The molecule has 0 aliphatic rings. The number of carbonyl (C=O) groups is 1. The van der Waals surface area contributed by atoms with Gasteiger partial charge in [-0.25, -0.2) is 8.42 Å². The highest BCUT2D eigenvalue weighted by molar-refractivity contribution is 7.92. The van der Waals surface area contributed by atoms with Crippen LogP contribution in [0, 0.1) is 13.8 Å². The maximum Gasteiger partial charge on any atom is 0.255 e. The van der Waals surface area contributed by atoms with Crippen LogP contribution >= 0.6 is 0 Å². The fraction of sp³-hybridized carbons (Fsp3) is 0.240. The van der Waals surface area contributed by atoms with Gasteiger partial charge in [0.2, 0.25) is 10.0 Å². The van der Waals surface area contributed by atoms with E-state index in [4.69, 9.17) is 0 Å². The number of carbonyl (C=O) groups excluding carboxylic acids is 1. The number of hydrogen-bond acceptors (Lipinski definition) is 3. The van der Waals surface area contributed by atoms with Gasteiger partial charge in [-0.1, -0.05) is 43.3 Å². The van der Waals surface area contributed by atoms with Crippen LogP contribution < -0.4 is 9.62 Å². The first-order valence-corrected chi connectivity index (χ1v) is 12.1. The Balaban J connectivity index is 1.79. The molecule has 0 aliphatic carbocycles. The molecule has 0 saturated carbocycles. The highest BCUT2D eigenvalue weighted by atomic mass is 32.2. The van der Waals surface area contributed by atoms with Crippen molar-refractivity contribution < 1.29 is 13.2 Å². The van der Waals surface area contributed by atoms with E-state index in [1.54, 1.807) is 24.3 Å². The van der Waals surface area contributed by atoms with Crippen molar-refractivity contribution in [2.45, 2.75) is 33.7 Å². The molecule has 0 spiro atoms. The Morgan fingerprint density at radius 2 is 1.61 bits per heavy atom. The number of nitrogens with one attached hydrogen (secondary N) is 1. The number of anilines is 2. The summed E-state index contributed by atoms with van der Waals surface area (Å²) in [6.07, 6.45) is 2.03. The molecule has 5 nitrogen and oxygen atoms in total.